The molecule has 3 aromatic rings. The highest BCUT2D eigenvalue weighted by Gasteiger charge is 2.37. The van der Waals surface area contributed by atoms with Crippen LogP contribution in [0.3, 0.4) is 0 Å². The zero-order valence-electron chi connectivity index (χ0n) is 12.5. The predicted molar refractivity (Wildman–Crippen MR) is 87.5 cm³/mol. The van der Waals surface area contributed by atoms with Crippen LogP contribution >= 0.6 is 0 Å². The number of benzene rings is 2. The molecule has 2 aromatic carbocycles. The number of anilines is 1. The van der Waals surface area contributed by atoms with E-state index in [1.54, 1.807) is 37.3 Å². The van der Waals surface area contributed by atoms with Crippen LogP contribution < -0.4 is 16.0 Å². The Morgan fingerprint density at radius 2 is 1.29 bits per heavy atom. The molecular weight excluding hydrogens is 310 g/mol. The van der Waals surface area contributed by atoms with Crippen molar-refractivity contribution in [3.05, 3.63) is 73.8 Å². The van der Waals surface area contributed by atoms with E-state index in [0.29, 0.717) is 33.4 Å². The minimum Gasteiger partial charge on any atom is -0.316 e. The molecule has 0 unspecified atom stereocenters. The van der Waals surface area contributed by atoms with E-state index in [0.717, 1.165) is 4.90 Å². The van der Waals surface area contributed by atoms with E-state index >= 15 is 0 Å². The molecule has 1 aliphatic rings. The van der Waals surface area contributed by atoms with Crippen molar-refractivity contribution in [3.63, 3.8) is 0 Å². The first-order chi connectivity index (χ1) is 11.5. The molecule has 118 valence electrons. The second kappa shape index (κ2) is 4.76. The topological polar surface area (TPSA) is 103 Å². The summed E-state index contributed by atoms with van der Waals surface area (Å²) in [6, 6.07) is 9.73. The fourth-order valence-electron chi connectivity index (χ4n) is 2.91. The van der Waals surface area contributed by atoms with Gasteiger partial charge in [-0.05, 0) is 36.8 Å². The Labute approximate surface area is 134 Å². The predicted octanol–water partition coefficient (Wildman–Crippen LogP) is 1.33. The lowest BCUT2D eigenvalue weighted by Gasteiger charge is -2.17. The van der Waals surface area contributed by atoms with Crippen LogP contribution in [0.15, 0.2) is 46.0 Å². The van der Waals surface area contributed by atoms with E-state index in [9.17, 15) is 19.2 Å². The highest BCUT2D eigenvalue weighted by Crippen LogP contribution is 2.31. The molecule has 0 saturated heterocycles. The number of carbonyl (C=O) groups is 2. The van der Waals surface area contributed by atoms with Crippen LogP contribution in [0.5, 0.6) is 0 Å². The molecular formula is C17H11N3O4. The van der Waals surface area contributed by atoms with Crippen molar-refractivity contribution < 1.29 is 9.59 Å². The number of aryl methyl sites for hydroxylation is 1. The summed E-state index contributed by atoms with van der Waals surface area (Å²) in [6.45, 7) is 1.72. The van der Waals surface area contributed by atoms with Crippen LogP contribution in [-0.4, -0.2) is 21.8 Å². The Balaban J connectivity index is 1.95. The molecule has 0 radical (unpaired) electrons. The number of imide groups is 1. The summed E-state index contributed by atoms with van der Waals surface area (Å²) in [5, 5.41) is 0. The molecule has 0 bridgehead atoms. The first-order valence-corrected chi connectivity index (χ1v) is 7.22. The van der Waals surface area contributed by atoms with E-state index in [-0.39, 0.29) is 0 Å². The quantitative estimate of drug-likeness (QED) is 0.521. The van der Waals surface area contributed by atoms with Crippen LogP contribution in [0, 0.1) is 6.92 Å². The first kappa shape index (κ1) is 14.1. The average molecular weight is 321 g/mol. The molecule has 0 aliphatic carbocycles. The van der Waals surface area contributed by atoms with Gasteiger partial charge in [0, 0.05) is 0 Å². The van der Waals surface area contributed by atoms with Gasteiger partial charge >= 0.3 is 11.1 Å². The maximum atomic E-state index is 12.6. The van der Waals surface area contributed by atoms with E-state index in [2.05, 4.69) is 9.97 Å². The molecule has 0 fully saturated rings. The van der Waals surface area contributed by atoms with Gasteiger partial charge in [-0.15, -0.1) is 0 Å². The third-order valence-corrected chi connectivity index (χ3v) is 4.07. The van der Waals surface area contributed by atoms with Crippen molar-refractivity contribution in [2.24, 2.45) is 0 Å². The molecule has 1 aliphatic heterocycles. The van der Waals surface area contributed by atoms with Crippen LogP contribution in [0.25, 0.3) is 11.0 Å². The lowest BCUT2D eigenvalue weighted by atomic mass is 10.1. The zero-order valence-corrected chi connectivity index (χ0v) is 12.5. The van der Waals surface area contributed by atoms with Crippen molar-refractivity contribution in [1.82, 2.24) is 9.97 Å². The van der Waals surface area contributed by atoms with Crippen molar-refractivity contribution in [2.75, 3.05) is 4.90 Å². The van der Waals surface area contributed by atoms with Gasteiger partial charge in [-0.25, -0.2) is 4.90 Å². The Morgan fingerprint density at radius 1 is 0.792 bits per heavy atom. The number of hydrogen-bond acceptors (Lipinski definition) is 4. The molecule has 4 rings (SSSR count). The lowest BCUT2D eigenvalue weighted by molar-refractivity contribution is 0.0926. The lowest BCUT2D eigenvalue weighted by Crippen LogP contribution is -2.31. The Hall–Kier alpha value is -3.48. The number of fused-ring (bicyclic) bond motifs is 2. The van der Waals surface area contributed by atoms with Gasteiger partial charge in [0.05, 0.1) is 27.8 Å². The number of aromatic nitrogens is 2. The summed E-state index contributed by atoms with van der Waals surface area (Å²) in [7, 11) is 0. The number of amides is 2. The van der Waals surface area contributed by atoms with Crippen molar-refractivity contribution in [2.45, 2.75) is 6.92 Å². The fraction of sp³-hybridized carbons (Fsp3) is 0.0588. The number of hydrogen-bond donors (Lipinski definition) is 2. The molecule has 24 heavy (non-hydrogen) atoms. The van der Waals surface area contributed by atoms with Gasteiger partial charge in [-0.3, -0.25) is 19.2 Å². The highest BCUT2D eigenvalue weighted by molar-refractivity contribution is 6.34. The van der Waals surface area contributed by atoms with Gasteiger partial charge in [0.25, 0.3) is 11.8 Å². The van der Waals surface area contributed by atoms with Gasteiger partial charge in [0.2, 0.25) is 0 Å². The van der Waals surface area contributed by atoms with Gasteiger partial charge < -0.3 is 9.97 Å². The largest absolute Gasteiger partial charge is 0.316 e. The van der Waals surface area contributed by atoms with Crippen molar-refractivity contribution in [1.29, 1.82) is 0 Å². The fourth-order valence-corrected chi connectivity index (χ4v) is 2.91. The second-order valence-electron chi connectivity index (χ2n) is 5.58. The van der Waals surface area contributed by atoms with Gasteiger partial charge in [-0.1, -0.05) is 12.1 Å². The van der Waals surface area contributed by atoms with E-state index in [1.165, 1.54) is 6.07 Å². The highest BCUT2D eigenvalue weighted by atomic mass is 16.2. The number of nitrogens with one attached hydrogen (secondary N) is 2. The van der Waals surface area contributed by atoms with Crippen LogP contribution in [0.1, 0.15) is 26.3 Å². The van der Waals surface area contributed by atoms with Crippen LogP contribution in [-0.2, 0) is 0 Å². The monoisotopic (exact) mass is 321 g/mol. The maximum absolute atomic E-state index is 12.6. The SMILES string of the molecule is Cc1cc2[nH]c(=O)c(=O)[nH]c2cc1N1C(=O)c2ccccc2C1=O. The summed E-state index contributed by atoms with van der Waals surface area (Å²) in [6.07, 6.45) is 0. The summed E-state index contributed by atoms with van der Waals surface area (Å²) in [4.78, 5) is 54.1. The van der Waals surface area contributed by atoms with Crippen molar-refractivity contribution >= 4 is 28.5 Å². The Kier molecular flexibility index (Phi) is 2.80. The summed E-state index contributed by atoms with van der Waals surface area (Å²) < 4.78 is 0. The number of H-pyrrole nitrogens is 2. The number of rotatable bonds is 1. The summed E-state index contributed by atoms with van der Waals surface area (Å²) in [5.74, 6) is -0.824. The number of carbonyl (C=O) groups excluding carboxylic acids is 2. The minimum atomic E-state index is -0.792. The molecule has 0 saturated carbocycles. The van der Waals surface area contributed by atoms with Gasteiger partial charge in [-0.2, -0.15) is 0 Å². The van der Waals surface area contributed by atoms with E-state index in [1.807, 2.05) is 0 Å². The third kappa shape index (κ3) is 1.84. The van der Waals surface area contributed by atoms with Gasteiger partial charge in [0.15, 0.2) is 0 Å². The number of aromatic amines is 2. The normalized spacial score (nSPS) is 13.6. The molecule has 1 aromatic heterocycles. The molecule has 2 amide bonds. The van der Waals surface area contributed by atoms with Crippen molar-refractivity contribution in [3.8, 4) is 0 Å². The first-order valence-electron chi connectivity index (χ1n) is 7.22. The minimum absolute atomic E-state index is 0.344. The smallest absolute Gasteiger partial charge is 0.314 e. The molecule has 7 nitrogen and oxygen atoms in total. The molecule has 2 N–H and O–H groups in total. The molecule has 0 spiro atoms. The third-order valence-electron chi connectivity index (χ3n) is 4.07. The van der Waals surface area contributed by atoms with Crippen LogP contribution in [0.4, 0.5) is 5.69 Å². The molecule has 7 heteroatoms. The maximum Gasteiger partial charge on any atom is 0.314 e. The standard InChI is InChI=1S/C17H11N3O4/c1-8-6-11-12(19-15(22)14(21)18-11)7-13(8)20-16(23)9-4-2-3-5-10(9)17(20)24/h2-7H,1H3,(H,18,21)(H,19,22). The molecule has 2 heterocycles. The molecule has 0 atom stereocenters. The van der Waals surface area contributed by atoms with Crippen LogP contribution in [0.2, 0.25) is 0 Å². The Bertz CT molecular complexity index is 1120. The number of nitrogens with zero attached hydrogens (tertiary/aromatic N) is 1. The second-order valence-corrected chi connectivity index (χ2v) is 5.58. The zero-order chi connectivity index (χ0) is 17.0. The average Bonchev–Trinajstić information content (AvgIpc) is 2.81. The van der Waals surface area contributed by atoms with E-state index < -0.39 is 22.9 Å². The Morgan fingerprint density at radius 3 is 1.83 bits per heavy atom. The summed E-state index contributed by atoms with van der Waals surface area (Å²) >= 11 is 0. The summed E-state index contributed by atoms with van der Waals surface area (Å²) in [5.41, 5.74) is 0.911. The van der Waals surface area contributed by atoms with Gasteiger partial charge in [0.1, 0.15) is 0 Å². The van der Waals surface area contributed by atoms with E-state index in [4.69, 9.17) is 0 Å².